The van der Waals surface area contributed by atoms with Crippen LogP contribution in [0.3, 0.4) is 0 Å². The van der Waals surface area contributed by atoms with E-state index >= 15 is 0 Å². The van der Waals surface area contributed by atoms with Crippen molar-refractivity contribution in [3.63, 3.8) is 0 Å². The Hall–Kier alpha value is -2.83. The quantitative estimate of drug-likeness (QED) is 0.874. The van der Waals surface area contributed by atoms with E-state index in [1.165, 1.54) is 6.07 Å². The summed E-state index contributed by atoms with van der Waals surface area (Å²) in [6, 6.07) is 6.20. The van der Waals surface area contributed by atoms with Gasteiger partial charge in [-0.1, -0.05) is 6.92 Å². The average Bonchev–Trinajstić information content (AvgIpc) is 3.04. The highest BCUT2D eigenvalue weighted by Gasteiger charge is 2.24. The lowest BCUT2D eigenvalue weighted by Crippen LogP contribution is -2.32. The summed E-state index contributed by atoms with van der Waals surface area (Å²) in [6.45, 7) is 8.93. The molecule has 1 atom stereocenters. The fraction of sp³-hybridized carbons (Fsp3) is 0.476. The average molecular weight is 386 g/mol. The molecule has 150 valence electrons. The number of carbonyl (C=O) groups excluding carboxylic acids is 2. The fourth-order valence-electron chi connectivity index (χ4n) is 3.20. The predicted molar refractivity (Wildman–Crippen MR) is 105 cm³/mol. The van der Waals surface area contributed by atoms with Crippen LogP contribution in [-0.2, 0) is 11.3 Å². The summed E-state index contributed by atoms with van der Waals surface area (Å²) in [7, 11) is 0. The van der Waals surface area contributed by atoms with Crippen molar-refractivity contribution in [1.82, 2.24) is 10.2 Å². The van der Waals surface area contributed by atoms with Crippen LogP contribution in [0.25, 0.3) is 11.0 Å². The van der Waals surface area contributed by atoms with Gasteiger partial charge in [0.05, 0.1) is 11.9 Å². The number of alkyl carbamates (subject to hydrolysis) is 1. The van der Waals surface area contributed by atoms with Gasteiger partial charge in [0.15, 0.2) is 5.43 Å². The number of nitrogens with one attached hydrogen (secondary N) is 1. The molecule has 1 aliphatic rings. The van der Waals surface area contributed by atoms with Gasteiger partial charge in [-0.05, 0) is 51.3 Å². The first-order valence-corrected chi connectivity index (χ1v) is 9.45. The van der Waals surface area contributed by atoms with E-state index in [0.29, 0.717) is 28.2 Å². The molecule has 1 N–H and O–H groups in total. The van der Waals surface area contributed by atoms with Crippen molar-refractivity contribution < 1.29 is 18.7 Å². The van der Waals surface area contributed by atoms with Gasteiger partial charge in [-0.2, -0.15) is 0 Å². The van der Waals surface area contributed by atoms with Crippen molar-refractivity contribution in [1.29, 1.82) is 0 Å². The summed E-state index contributed by atoms with van der Waals surface area (Å²) in [5, 5.41) is 2.91. The van der Waals surface area contributed by atoms with E-state index in [9.17, 15) is 14.4 Å². The largest absolute Gasteiger partial charge is 0.459 e. The zero-order valence-corrected chi connectivity index (χ0v) is 16.7. The standard InChI is InChI=1S/C21H26N2O5/c1-13-7-8-23(12-13)19(25)14-5-6-18-16(9-14)17(24)10-15(27-18)11-22-20(26)28-21(2,3)4/h5-6,9-10,13H,7-8,11-12H2,1-4H3,(H,22,26). The molecule has 1 saturated heterocycles. The minimum absolute atomic E-state index is 0.0342. The minimum atomic E-state index is -0.607. The van der Waals surface area contributed by atoms with E-state index in [1.54, 1.807) is 39.0 Å². The predicted octanol–water partition coefficient (Wildman–Crippen LogP) is 3.30. The Kier molecular flexibility index (Phi) is 5.45. The summed E-state index contributed by atoms with van der Waals surface area (Å²) in [4.78, 5) is 38.7. The number of hydrogen-bond donors (Lipinski definition) is 1. The molecule has 0 radical (unpaired) electrons. The number of nitrogens with zero attached hydrogens (tertiary/aromatic N) is 1. The van der Waals surface area contributed by atoms with Gasteiger partial charge in [0.2, 0.25) is 0 Å². The molecule has 1 aromatic heterocycles. The molecule has 7 heteroatoms. The Morgan fingerprint density at radius 2 is 2.04 bits per heavy atom. The van der Waals surface area contributed by atoms with E-state index in [1.807, 2.05) is 4.90 Å². The second kappa shape index (κ2) is 7.66. The number of ether oxygens (including phenoxy) is 1. The zero-order chi connectivity index (χ0) is 20.5. The lowest BCUT2D eigenvalue weighted by Gasteiger charge is -2.19. The van der Waals surface area contributed by atoms with E-state index in [-0.39, 0.29) is 17.9 Å². The molecule has 7 nitrogen and oxygen atoms in total. The maximum atomic E-state index is 12.6. The molecule has 0 spiro atoms. The summed E-state index contributed by atoms with van der Waals surface area (Å²) in [5.74, 6) is 0.742. The number of rotatable bonds is 3. The number of likely N-dealkylation sites (tertiary alicyclic amines) is 1. The molecule has 2 amide bonds. The summed E-state index contributed by atoms with van der Waals surface area (Å²) in [6.07, 6.45) is 0.408. The van der Waals surface area contributed by atoms with Crippen molar-refractivity contribution in [3.05, 3.63) is 45.8 Å². The summed E-state index contributed by atoms with van der Waals surface area (Å²) in [5.41, 5.74) is -0.00951. The Morgan fingerprint density at radius 1 is 1.29 bits per heavy atom. The maximum Gasteiger partial charge on any atom is 0.408 e. The van der Waals surface area contributed by atoms with Crippen molar-refractivity contribution in [3.8, 4) is 0 Å². The molecule has 2 aromatic rings. The van der Waals surface area contributed by atoms with Crippen LogP contribution in [-0.4, -0.2) is 35.6 Å². The zero-order valence-electron chi connectivity index (χ0n) is 16.7. The molecule has 0 bridgehead atoms. The van der Waals surface area contributed by atoms with Crippen LogP contribution in [0, 0.1) is 5.92 Å². The van der Waals surface area contributed by atoms with Gasteiger partial charge in [-0.15, -0.1) is 0 Å². The van der Waals surface area contributed by atoms with E-state index in [2.05, 4.69) is 12.2 Å². The molecule has 1 fully saturated rings. The molecule has 1 aromatic carbocycles. The van der Waals surface area contributed by atoms with Crippen molar-refractivity contribution in [2.75, 3.05) is 13.1 Å². The van der Waals surface area contributed by atoms with Crippen LogP contribution < -0.4 is 10.7 Å². The first kappa shape index (κ1) is 19.9. The van der Waals surface area contributed by atoms with Crippen LogP contribution in [0.5, 0.6) is 0 Å². The number of benzene rings is 1. The van der Waals surface area contributed by atoms with Crippen LogP contribution in [0.4, 0.5) is 4.79 Å². The van der Waals surface area contributed by atoms with Gasteiger partial charge in [0.25, 0.3) is 5.91 Å². The SMILES string of the molecule is CC1CCN(C(=O)c2ccc3oc(CNC(=O)OC(C)(C)C)cc(=O)c3c2)C1. The Labute approximate surface area is 163 Å². The van der Waals surface area contributed by atoms with Crippen molar-refractivity contribution in [2.24, 2.45) is 5.92 Å². The van der Waals surface area contributed by atoms with Crippen LogP contribution in [0.15, 0.2) is 33.5 Å². The monoisotopic (exact) mass is 386 g/mol. The third-order valence-corrected chi connectivity index (χ3v) is 4.54. The van der Waals surface area contributed by atoms with Crippen LogP contribution in [0.2, 0.25) is 0 Å². The smallest absolute Gasteiger partial charge is 0.408 e. The first-order valence-electron chi connectivity index (χ1n) is 9.45. The molecular formula is C21H26N2O5. The molecule has 1 unspecified atom stereocenters. The molecular weight excluding hydrogens is 360 g/mol. The highest BCUT2D eigenvalue weighted by atomic mass is 16.6. The lowest BCUT2D eigenvalue weighted by atomic mass is 10.1. The third kappa shape index (κ3) is 4.71. The third-order valence-electron chi connectivity index (χ3n) is 4.54. The normalized spacial score (nSPS) is 17.0. The maximum absolute atomic E-state index is 12.6. The van der Waals surface area contributed by atoms with E-state index < -0.39 is 11.7 Å². The molecule has 0 saturated carbocycles. The van der Waals surface area contributed by atoms with Crippen molar-refractivity contribution >= 4 is 23.0 Å². The van der Waals surface area contributed by atoms with Gasteiger partial charge in [-0.25, -0.2) is 4.79 Å². The highest BCUT2D eigenvalue weighted by Crippen LogP contribution is 2.20. The number of carbonyl (C=O) groups is 2. The molecule has 1 aliphatic heterocycles. The Balaban J connectivity index is 1.76. The Bertz CT molecular complexity index is 957. The highest BCUT2D eigenvalue weighted by molar-refractivity contribution is 5.97. The molecule has 28 heavy (non-hydrogen) atoms. The Morgan fingerprint density at radius 3 is 2.68 bits per heavy atom. The first-order chi connectivity index (χ1) is 13.1. The summed E-state index contributed by atoms with van der Waals surface area (Å²) < 4.78 is 10.9. The second-order valence-electron chi connectivity index (χ2n) is 8.29. The van der Waals surface area contributed by atoms with E-state index in [4.69, 9.17) is 9.15 Å². The number of hydrogen-bond acceptors (Lipinski definition) is 5. The van der Waals surface area contributed by atoms with Gasteiger partial charge in [-0.3, -0.25) is 9.59 Å². The fourth-order valence-corrected chi connectivity index (χ4v) is 3.20. The number of fused-ring (bicyclic) bond motifs is 1. The summed E-state index contributed by atoms with van der Waals surface area (Å²) >= 11 is 0. The van der Waals surface area contributed by atoms with Crippen LogP contribution >= 0.6 is 0 Å². The topological polar surface area (TPSA) is 88.8 Å². The van der Waals surface area contributed by atoms with Crippen molar-refractivity contribution in [2.45, 2.75) is 46.3 Å². The molecule has 2 heterocycles. The molecule has 0 aliphatic carbocycles. The van der Waals surface area contributed by atoms with Gasteiger partial charge in [0.1, 0.15) is 16.9 Å². The van der Waals surface area contributed by atoms with Crippen LogP contribution in [0.1, 0.15) is 50.2 Å². The van der Waals surface area contributed by atoms with Gasteiger partial charge in [0, 0.05) is 24.7 Å². The van der Waals surface area contributed by atoms with E-state index in [0.717, 1.165) is 19.5 Å². The second-order valence-corrected chi connectivity index (χ2v) is 8.29. The van der Waals surface area contributed by atoms with Gasteiger partial charge < -0.3 is 19.4 Å². The number of amides is 2. The minimum Gasteiger partial charge on any atom is -0.459 e. The lowest BCUT2D eigenvalue weighted by molar-refractivity contribution is 0.0519. The van der Waals surface area contributed by atoms with Gasteiger partial charge >= 0.3 is 6.09 Å². The molecule has 3 rings (SSSR count).